The zero-order valence-corrected chi connectivity index (χ0v) is 16.7. The van der Waals surface area contributed by atoms with Crippen molar-refractivity contribution in [2.24, 2.45) is 0 Å². The van der Waals surface area contributed by atoms with Crippen LogP contribution in [0.25, 0.3) is 11.6 Å². The molecule has 28 heavy (non-hydrogen) atoms. The van der Waals surface area contributed by atoms with E-state index in [0.717, 1.165) is 24.9 Å². The van der Waals surface area contributed by atoms with Crippen LogP contribution in [-0.2, 0) is 35.5 Å². The molecule has 3 heterocycles. The van der Waals surface area contributed by atoms with Crippen LogP contribution >= 0.6 is 0 Å². The van der Waals surface area contributed by atoms with Gasteiger partial charge in [0.2, 0.25) is 0 Å². The third kappa shape index (κ3) is 4.68. The molecule has 0 aliphatic carbocycles. The van der Waals surface area contributed by atoms with Crippen LogP contribution in [0.2, 0.25) is 0 Å². The SMILES string of the molecule is CCn1nc(-c2nc(CCN(C)C(=O)NCCCOC)no2)c2c1CCOC2. The molecule has 0 aromatic carbocycles. The number of nitrogens with zero attached hydrogens (tertiary/aromatic N) is 5. The molecule has 2 amide bonds. The molecule has 0 radical (unpaired) electrons. The lowest BCUT2D eigenvalue weighted by Crippen LogP contribution is -2.39. The van der Waals surface area contributed by atoms with Crippen LogP contribution < -0.4 is 5.32 Å². The predicted molar refractivity (Wildman–Crippen MR) is 101 cm³/mol. The van der Waals surface area contributed by atoms with Crippen molar-refractivity contribution in [2.75, 3.05) is 40.5 Å². The summed E-state index contributed by atoms with van der Waals surface area (Å²) >= 11 is 0. The van der Waals surface area contributed by atoms with Crippen molar-refractivity contribution < 1.29 is 18.8 Å². The van der Waals surface area contributed by atoms with E-state index in [1.54, 1.807) is 19.1 Å². The molecule has 0 fully saturated rings. The first kappa shape index (κ1) is 20.3. The Morgan fingerprint density at radius 3 is 3.07 bits per heavy atom. The van der Waals surface area contributed by atoms with Crippen molar-refractivity contribution >= 4 is 6.03 Å². The van der Waals surface area contributed by atoms with Crippen LogP contribution in [0.15, 0.2) is 4.52 Å². The van der Waals surface area contributed by atoms with Gasteiger partial charge in [0, 0.05) is 64.5 Å². The van der Waals surface area contributed by atoms with Crippen molar-refractivity contribution in [1.82, 2.24) is 30.1 Å². The molecule has 0 saturated heterocycles. The van der Waals surface area contributed by atoms with E-state index in [1.807, 2.05) is 4.68 Å². The van der Waals surface area contributed by atoms with Crippen LogP contribution in [-0.4, -0.2) is 71.3 Å². The average Bonchev–Trinajstić information content (AvgIpc) is 3.33. The van der Waals surface area contributed by atoms with Gasteiger partial charge in [0.1, 0.15) is 0 Å². The minimum atomic E-state index is -0.132. The maximum atomic E-state index is 12.0. The second-order valence-corrected chi connectivity index (χ2v) is 6.66. The molecule has 1 aliphatic heterocycles. The fraction of sp³-hybridized carbons (Fsp3) is 0.667. The summed E-state index contributed by atoms with van der Waals surface area (Å²) in [5, 5.41) is 11.5. The Kier molecular flexibility index (Phi) is 6.99. The monoisotopic (exact) mass is 392 g/mol. The molecule has 1 N–H and O–H groups in total. The third-order valence-corrected chi connectivity index (χ3v) is 4.69. The number of carbonyl (C=O) groups is 1. The Hall–Kier alpha value is -2.46. The molecule has 154 valence electrons. The number of amides is 2. The zero-order chi connectivity index (χ0) is 19.9. The largest absolute Gasteiger partial charge is 0.385 e. The number of urea groups is 1. The smallest absolute Gasteiger partial charge is 0.317 e. The van der Waals surface area contributed by atoms with Gasteiger partial charge in [0.15, 0.2) is 11.5 Å². The lowest BCUT2D eigenvalue weighted by molar-refractivity contribution is 0.109. The normalized spacial score (nSPS) is 13.4. The maximum Gasteiger partial charge on any atom is 0.317 e. The van der Waals surface area contributed by atoms with E-state index in [4.69, 9.17) is 14.0 Å². The minimum absolute atomic E-state index is 0.132. The van der Waals surface area contributed by atoms with Crippen molar-refractivity contribution in [3.63, 3.8) is 0 Å². The van der Waals surface area contributed by atoms with Gasteiger partial charge in [0.05, 0.1) is 13.2 Å². The Balaban J connectivity index is 1.58. The number of nitrogens with one attached hydrogen (secondary N) is 1. The molecule has 0 saturated carbocycles. The highest BCUT2D eigenvalue weighted by Gasteiger charge is 2.25. The fourth-order valence-electron chi connectivity index (χ4n) is 3.11. The summed E-state index contributed by atoms with van der Waals surface area (Å²) in [6, 6.07) is -0.132. The number of ether oxygens (including phenoxy) is 2. The number of likely N-dealkylation sites (N-methyl/N-ethyl adjacent to an activating group) is 1. The summed E-state index contributed by atoms with van der Waals surface area (Å²) in [6.07, 6.45) is 2.11. The van der Waals surface area contributed by atoms with Gasteiger partial charge in [0.25, 0.3) is 5.89 Å². The van der Waals surface area contributed by atoms with Gasteiger partial charge in [-0.2, -0.15) is 10.1 Å². The summed E-state index contributed by atoms with van der Waals surface area (Å²) in [4.78, 5) is 18.1. The maximum absolute atomic E-state index is 12.0. The Labute approximate surface area is 164 Å². The highest BCUT2D eigenvalue weighted by molar-refractivity contribution is 5.73. The molecule has 10 heteroatoms. The number of aryl methyl sites for hydroxylation is 1. The van der Waals surface area contributed by atoms with Gasteiger partial charge >= 0.3 is 6.03 Å². The van der Waals surface area contributed by atoms with Gasteiger partial charge in [-0.3, -0.25) is 4.68 Å². The van der Waals surface area contributed by atoms with Gasteiger partial charge in [-0.05, 0) is 13.3 Å². The fourth-order valence-corrected chi connectivity index (χ4v) is 3.11. The molecule has 1 aliphatic rings. The van der Waals surface area contributed by atoms with Gasteiger partial charge in [-0.1, -0.05) is 5.16 Å². The zero-order valence-electron chi connectivity index (χ0n) is 16.7. The molecule has 2 aromatic heterocycles. The van der Waals surface area contributed by atoms with E-state index in [0.29, 0.717) is 56.7 Å². The van der Waals surface area contributed by atoms with Crippen LogP contribution in [0.3, 0.4) is 0 Å². The van der Waals surface area contributed by atoms with Crippen LogP contribution in [0.4, 0.5) is 4.79 Å². The number of methoxy groups -OCH3 is 1. The number of hydrogen-bond donors (Lipinski definition) is 1. The van der Waals surface area contributed by atoms with Gasteiger partial charge in [-0.15, -0.1) is 0 Å². The standard InChI is InChI=1S/C18H28N6O4/c1-4-24-14-7-11-27-12-13(14)16(21-24)17-20-15(22-28-17)6-9-23(2)18(25)19-8-5-10-26-3/h4-12H2,1-3H3,(H,19,25). The van der Waals surface area contributed by atoms with E-state index in [2.05, 4.69) is 27.5 Å². The van der Waals surface area contributed by atoms with Gasteiger partial charge in [-0.25, -0.2) is 4.79 Å². The summed E-state index contributed by atoms with van der Waals surface area (Å²) in [5.74, 6) is 0.946. The quantitative estimate of drug-likeness (QED) is 0.640. The lowest BCUT2D eigenvalue weighted by atomic mass is 10.1. The van der Waals surface area contributed by atoms with Crippen molar-refractivity contribution in [1.29, 1.82) is 0 Å². The van der Waals surface area contributed by atoms with Crippen LogP contribution in [0, 0.1) is 0 Å². The number of carbonyl (C=O) groups excluding carboxylic acids is 1. The molecule has 10 nitrogen and oxygen atoms in total. The second kappa shape index (κ2) is 9.65. The molecule has 2 aromatic rings. The predicted octanol–water partition coefficient (Wildman–Crippen LogP) is 1.25. The molecule has 0 unspecified atom stereocenters. The Morgan fingerprint density at radius 1 is 1.43 bits per heavy atom. The van der Waals surface area contributed by atoms with Crippen LogP contribution in [0.5, 0.6) is 0 Å². The number of rotatable bonds is 9. The van der Waals surface area contributed by atoms with E-state index in [-0.39, 0.29) is 6.03 Å². The van der Waals surface area contributed by atoms with Gasteiger partial charge < -0.3 is 24.2 Å². The first-order chi connectivity index (χ1) is 13.6. The van der Waals surface area contributed by atoms with E-state index in [1.165, 1.54) is 5.69 Å². The Bertz CT molecular complexity index is 787. The summed E-state index contributed by atoms with van der Waals surface area (Å²) < 4.78 is 17.9. The Morgan fingerprint density at radius 2 is 2.29 bits per heavy atom. The number of aromatic nitrogens is 4. The first-order valence-corrected chi connectivity index (χ1v) is 9.61. The van der Waals surface area contributed by atoms with E-state index < -0.39 is 0 Å². The topological polar surface area (TPSA) is 108 Å². The molecule has 3 rings (SSSR count). The average molecular weight is 392 g/mol. The molecule has 0 spiro atoms. The summed E-state index contributed by atoms with van der Waals surface area (Å²) in [6.45, 7) is 5.74. The van der Waals surface area contributed by atoms with E-state index in [9.17, 15) is 4.79 Å². The molecular weight excluding hydrogens is 364 g/mol. The molecule has 0 atom stereocenters. The third-order valence-electron chi connectivity index (χ3n) is 4.69. The highest BCUT2D eigenvalue weighted by Crippen LogP contribution is 2.28. The van der Waals surface area contributed by atoms with Crippen molar-refractivity contribution in [2.45, 2.75) is 39.3 Å². The van der Waals surface area contributed by atoms with Crippen molar-refractivity contribution in [3.05, 3.63) is 17.1 Å². The van der Waals surface area contributed by atoms with E-state index >= 15 is 0 Å². The first-order valence-electron chi connectivity index (χ1n) is 9.61. The number of fused-ring (bicyclic) bond motifs is 1. The van der Waals surface area contributed by atoms with Crippen molar-refractivity contribution in [3.8, 4) is 11.6 Å². The minimum Gasteiger partial charge on any atom is -0.385 e. The number of hydrogen-bond acceptors (Lipinski definition) is 7. The second-order valence-electron chi connectivity index (χ2n) is 6.66. The van der Waals surface area contributed by atoms with Crippen LogP contribution in [0.1, 0.15) is 30.4 Å². The summed E-state index contributed by atoms with van der Waals surface area (Å²) in [7, 11) is 3.38. The lowest BCUT2D eigenvalue weighted by Gasteiger charge is -2.16. The molecule has 0 bridgehead atoms. The molecular formula is C18H28N6O4. The highest BCUT2D eigenvalue weighted by atomic mass is 16.5. The summed E-state index contributed by atoms with van der Waals surface area (Å²) in [5.41, 5.74) is 2.89.